The van der Waals surface area contributed by atoms with Crippen LogP contribution in [-0.2, 0) is 9.53 Å². The normalized spacial score (nSPS) is 16.3. The molecule has 1 heterocycles. The zero-order valence-electron chi connectivity index (χ0n) is 15.1. The van der Waals surface area contributed by atoms with Gasteiger partial charge in [0, 0.05) is 31.2 Å². The summed E-state index contributed by atoms with van der Waals surface area (Å²) < 4.78 is 5.30. The molecule has 2 amide bonds. The SMILES string of the molecule is CC(C)C(NC(=O)c1ccc(Cl)cc1Cl)C(=O)NCCN1CCOCC1. The van der Waals surface area contributed by atoms with Crippen molar-refractivity contribution in [3.63, 3.8) is 0 Å². The standard InChI is InChI=1S/C18H25Cl2N3O3/c1-12(2)16(18(25)21-5-6-23-7-9-26-10-8-23)22-17(24)14-4-3-13(19)11-15(14)20/h3-4,11-12,16H,5-10H2,1-2H3,(H,21,25)(H,22,24). The van der Waals surface area contributed by atoms with E-state index >= 15 is 0 Å². The van der Waals surface area contributed by atoms with E-state index in [1.165, 1.54) is 6.07 Å². The molecule has 1 saturated heterocycles. The Labute approximate surface area is 164 Å². The summed E-state index contributed by atoms with van der Waals surface area (Å²) in [5, 5.41) is 6.38. The lowest BCUT2D eigenvalue weighted by atomic mass is 10.0. The zero-order valence-corrected chi connectivity index (χ0v) is 16.6. The second-order valence-corrected chi connectivity index (χ2v) is 7.41. The maximum atomic E-state index is 12.5. The number of morpholine rings is 1. The van der Waals surface area contributed by atoms with Crippen LogP contribution in [0.4, 0.5) is 0 Å². The quantitative estimate of drug-likeness (QED) is 0.734. The number of benzene rings is 1. The van der Waals surface area contributed by atoms with Crippen LogP contribution in [0.1, 0.15) is 24.2 Å². The average Bonchev–Trinajstić information content (AvgIpc) is 2.60. The van der Waals surface area contributed by atoms with Crippen molar-refractivity contribution in [1.29, 1.82) is 0 Å². The van der Waals surface area contributed by atoms with Crippen LogP contribution < -0.4 is 10.6 Å². The second-order valence-electron chi connectivity index (χ2n) is 6.56. The molecule has 2 N–H and O–H groups in total. The molecule has 0 aliphatic carbocycles. The van der Waals surface area contributed by atoms with Gasteiger partial charge in [0.15, 0.2) is 0 Å². The molecule has 0 aromatic heterocycles. The maximum Gasteiger partial charge on any atom is 0.253 e. The average molecular weight is 402 g/mol. The lowest BCUT2D eigenvalue weighted by Crippen LogP contribution is -2.51. The summed E-state index contributed by atoms with van der Waals surface area (Å²) in [7, 11) is 0. The third-order valence-corrected chi connectivity index (χ3v) is 4.79. The summed E-state index contributed by atoms with van der Waals surface area (Å²) in [6, 6.07) is 4.01. The van der Waals surface area contributed by atoms with Gasteiger partial charge in [0.2, 0.25) is 5.91 Å². The van der Waals surface area contributed by atoms with E-state index in [1.807, 2.05) is 13.8 Å². The monoisotopic (exact) mass is 401 g/mol. The van der Waals surface area contributed by atoms with Crippen LogP contribution in [0.3, 0.4) is 0 Å². The number of ether oxygens (including phenoxy) is 1. The number of hydrogen-bond donors (Lipinski definition) is 2. The lowest BCUT2D eigenvalue weighted by Gasteiger charge is -2.27. The van der Waals surface area contributed by atoms with Crippen LogP contribution in [0, 0.1) is 5.92 Å². The Bertz CT molecular complexity index is 634. The largest absolute Gasteiger partial charge is 0.379 e. The highest BCUT2D eigenvalue weighted by atomic mass is 35.5. The predicted octanol–water partition coefficient (Wildman–Crippen LogP) is 2.20. The first-order valence-electron chi connectivity index (χ1n) is 8.72. The fourth-order valence-electron chi connectivity index (χ4n) is 2.70. The Morgan fingerprint density at radius 1 is 1.23 bits per heavy atom. The highest BCUT2D eigenvalue weighted by Crippen LogP contribution is 2.21. The molecular formula is C18H25Cl2N3O3. The Kier molecular flexibility index (Phi) is 8.15. The minimum atomic E-state index is -0.640. The van der Waals surface area contributed by atoms with Gasteiger partial charge in [-0.15, -0.1) is 0 Å². The molecule has 0 radical (unpaired) electrons. The third-order valence-electron chi connectivity index (χ3n) is 4.24. The van der Waals surface area contributed by atoms with E-state index in [9.17, 15) is 9.59 Å². The Morgan fingerprint density at radius 3 is 2.54 bits per heavy atom. The first kappa shape index (κ1) is 21.0. The van der Waals surface area contributed by atoms with E-state index in [-0.39, 0.29) is 16.8 Å². The van der Waals surface area contributed by atoms with Crippen molar-refractivity contribution < 1.29 is 14.3 Å². The molecule has 1 unspecified atom stereocenters. The third kappa shape index (κ3) is 6.13. The van der Waals surface area contributed by atoms with Crippen molar-refractivity contribution in [3.05, 3.63) is 33.8 Å². The number of amides is 2. The van der Waals surface area contributed by atoms with Gasteiger partial charge >= 0.3 is 0 Å². The topological polar surface area (TPSA) is 70.7 Å². The van der Waals surface area contributed by atoms with E-state index in [1.54, 1.807) is 12.1 Å². The van der Waals surface area contributed by atoms with Gasteiger partial charge in [0.1, 0.15) is 6.04 Å². The van der Waals surface area contributed by atoms with E-state index in [2.05, 4.69) is 15.5 Å². The number of rotatable bonds is 7. The van der Waals surface area contributed by atoms with Crippen molar-refractivity contribution in [1.82, 2.24) is 15.5 Å². The van der Waals surface area contributed by atoms with E-state index in [0.29, 0.717) is 17.1 Å². The molecule has 1 aromatic rings. The fraction of sp³-hybridized carbons (Fsp3) is 0.556. The molecule has 1 aromatic carbocycles. The van der Waals surface area contributed by atoms with Crippen LogP contribution in [0.25, 0.3) is 0 Å². The molecular weight excluding hydrogens is 377 g/mol. The van der Waals surface area contributed by atoms with Crippen molar-refractivity contribution in [2.24, 2.45) is 5.92 Å². The highest BCUT2D eigenvalue weighted by molar-refractivity contribution is 6.36. The van der Waals surface area contributed by atoms with Gasteiger partial charge < -0.3 is 15.4 Å². The number of carbonyl (C=O) groups is 2. The van der Waals surface area contributed by atoms with Crippen LogP contribution in [-0.4, -0.2) is 62.1 Å². The Morgan fingerprint density at radius 2 is 1.92 bits per heavy atom. The number of nitrogens with zero attached hydrogens (tertiary/aromatic N) is 1. The molecule has 144 valence electrons. The van der Waals surface area contributed by atoms with Crippen LogP contribution in [0.5, 0.6) is 0 Å². The van der Waals surface area contributed by atoms with E-state index in [4.69, 9.17) is 27.9 Å². The van der Waals surface area contributed by atoms with Crippen LogP contribution in [0.2, 0.25) is 10.0 Å². The highest BCUT2D eigenvalue weighted by Gasteiger charge is 2.25. The number of halogens is 2. The second kappa shape index (κ2) is 10.1. The molecule has 1 atom stereocenters. The smallest absolute Gasteiger partial charge is 0.253 e. The maximum absolute atomic E-state index is 12.5. The molecule has 2 rings (SSSR count). The van der Waals surface area contributed by atoms with Crippen LogP contribution >= 0.6 is 23.2 Å². The Balaban J connectivity index is 1.90. The summed E-state index contributed by atoms with van der Waals surface area (Å²) >= 11 is 11.9. The first-order valence-corrected chi connectivity index (χ1v) is 9.48. The zero-order chi connectivity index (χ0) is 19.1. The number of nitrogens with one attached hydrogen (secondary N) is 2. The summed E-state index contributed by atoms with van der Waals surface area (Å²) in [5.74, 6) is -0.659. The van der Waals surface area contributed by atoms with E-state index in [0.717, 1.165) is 32.8 Å². The van der Waals surface area contributed by atoms with Gasteiger partial charge in [-0.05, 0) is 24.1 Å². The molecule has 0 spiro atoms. The first-order chi connectivity index (χ1) is 12.4. The summed E-state index contributed by atoms with van der Waals surface area (Å²) in [4.78, 5) is 27.2. The number of hydrogen-bond acceptors (Lipinski definition) is 4. The molecule has 6 nitrogen and oxygen atoms in total. The summed E-state index contributed by atoms with van der Waals surface area (Å²) in [5.41, 5.74) is 0.294. The van der Waals surface area contributed by atoms with Crippen molar-refractivity contribution in [2.75, 3.05) is 39.4 Å². The molecule has 26 heavy (non-hydrogen) atoms. The van der Waals surface area contributed by atoms with Gasteiger partial charge in [-0.1, -0.05) is 37.0 Å². The molecule has 0 bridgehead atoms. The summed E-state index contributed by atoms with van der Waals surface area (Å²) in [6.45, 7) is 8.24. The van der Waals surface area contributed by atoms with Crippen molar-refractivity contribution in [3.8, 4) is 0 Å². The van der Waals surface area contributed by atoms with Crippen molar-refractivity contribution in [2.45, 2.75) is 19.9 Å². The number of carbonyl (C=O) groups excluding carboxylic acids is 2. The lowest BCUT2D eigenvalue weighted by molar-refractivity contribution is -0.124. The van der Waals surface area contributed by atoms with E-state index < -0.39 is 11.9 Å². The molecule has 1 aliphatic rings. The fourth-order valence-corrected chi connectivity index (χ4v) is 3.19. The van der Waals surface area contributed by atoms with Gasteiger partial charge in [0.25, 0.3) is 5.91 Å². The predicted molar refractivity (Wildman–Crippen MR) is 103 cm³/mol. The molecule has 8 heteroatoms. The van der Waals surface area contributed by atoms with Crippen molar-refractivity contribution >= 4 is 35.0 Å². The summed E-state index contributed by atoms with van der Waals surface area (Å²) in [6.07, 6.45) is 0. The van der Waals surface area contributed by atoms with Gasteiger partial charge in [-0.3, -0.25) is 14.5 Å². The molecule has 1 aliphatic heterocycles. The molecule has 1 fully saturated rings. The van der Waals surface area contributed by atoms with Gasteiger partial charge in [0.05, 0.1) is 23.8 Å². The van der Waals surface area contributed by atoms with Gasteiger partial charge in [-0.2, -0.15) is 0 Å². The minimum absolute atomic E-state index is 0.0617. The minimum Gasteiger partial charge on any atom is -0.379 e. The molecule has 0 saturated carbocycles. The van der Waals surface area contributed by atoms with Gasteiger partial charge in [-0.25, -0.2) is 0 Å². The Hall–Kier alpha value is -1.34. The van der Waals surface area contributed by atoms with Crippen LogP contribution in [0.15, 0.2) is 18.2 Å².